The number of carbonyl (C=O) groups is 1. The maximum Gasteiger partial charge on any atom is 0.353 e. The smallest absolute Gasteiger partial charge is 0.353 e. The highest BCUT2D eigenvalue weighted by Crippen LogP contribution is 2.19. The molecule has 0 bridgehead atoms. The Morgan fingerprint density at radius 2 is 1.91 bits per heavy atom. The van der Waals surface area contributed by atoms with E-state index in [1.165, 1.54) is 5.56 Å². The first-order valence-electron chi connectivity index (χ1n) is 7.41. The number of aromatic amines is 1. The molecule has 6 heteroatoms. The van der Waals surface area contributed by atoms with Crippen LogP contribution in [0.15, 0.2) is 30.3 Å². The zero-order valence-electron chi connectivity index (χ0n) is 12.6. The molecule has 1 aliphatic rings. The summed E-state index contributed by atoms with van der Waals surface area (Å²) in [5.41, 5.74) is 2.95. The van der Waals surface area contributed by atoms with Gasteiger partial charge in [0.25, 0.3) is 0 Å². The van der Waals surface area contributed by atoms with Crippen LogP contribution in [0.3, 0.4) is 0 Å². The topological polar surface area (TPSA) is 72.5 Å². The molecule has 1 saturated heterocycles. The molecule has 0 unspecified atom stereocenters. The molecule has 0 saturated carbocycles. The molecule has 1 aliphatic heterocycles. The van der Waals surface area contributed by atoms with Crippen LogP contribution in [0.5, 0.6) is 0 Å². The van der Waals surface area contributed by atoms with Crippen molar-refractivity contribution < 1.29 is 9.90 Å². The van der Waals surface area contributed by atoms with E-state index in [1.807, 2.05) is 12.1 Å². The normalized spacial score (nSPS) is 16.8. The molecule has 0 amide bonds. The highest BCUT2D eigenvalue weighted by atomic mass is 16.4. The summed E-state index contributed by atoms with van der Waals surface area (Å²) in [7, 11) is 2.15. The zero-order chi connectivity index (χ0) is 15.5. The molecular weight excluding hydrogens is 280 g/mol. The fraction of sp³-hybridized carbons (Fsp3) is 0.375. The number of piperazine rings is 1. The van der Waals surface area contributed by atoms with E-state index in [1.54, 1.807) is 6.07 Å². The standard InChI is InChI=1S/C16H20N4O2/c1-19-6-8-20(9-7-19)11-12-2-4-13(5-3-12)14-10-15(16(21)22)18-17-14/h2-5,10H,6-9,11H2,1H3,(H,17,18)(H,21,22). The largest absolute Gasteiger partial charge is 0.477 e. The summed E-state index contributed by atoms with van der Waals surface area (Å²) in [6, 6.07) is 9.71. The average molecular weight is 300 g/mol. The molecule has 22 heavy (non-hydrogen) atoms. The lowest BCUT2D eigenvalue weighted by Crippen LogP contribution is -2.43. The number of benzene rings is 1. The van der Waals surface area contributed by atoms with Crippen molar-refractivity contribution in [2.45, 2.75) is 6.54 Å². The second-order valence-electron chi connectivity index (χ2n) is 5.75. The van der Waals surface area contributed by atoms with Gasteiger partial charge in [-0.3, -0.25) is 10.00 Å². The predicted octanol–water partition coefficient (Wildman–Crippen LogP) is 1.52. The van der Waals surface area contributed by atoms with Crippen LogP contribution in [0.1, 0.15) is 16.1 Å². The van der Waals surface area contributed by atoms with Gasteiger partial charge in [-0.1, -0.05) is 24.3 Å². The number of hydrogen-bond acceptors (Lipinski definition) is 4. The van der Waals surface area contributed by atoms with Crippen molar-refractivity contribution in [3.63, 3.8) is 0 Å². The summed E-state index contributed by atoms with van der Waals surface area (Å²) < 4.78 is 0. The van der Waals surface area contributed by atoms with E-state index < -0.39 is 5.97 Å². The molecule has 0 spiro atoms. The van der Waals surface area contributed by atoms with Crippen molar-refractivity contribution >= 4 is 5.97 Å². The molecule has 0 aliphatic carbocycles. The van der Waals surface area contributed by atoms with Crippen LogP contribution in [0.4, 0.5) is 0 Å². The van der Waals surface area contributed by atoms with Gasteiger partial charge in [0, 0.05) is 38.3 Å². The summed E-state index contributed by atoms with van der Waals surface area (Å²) in [4.78, 5) is 15.7. The number of carboxylic acid groups (broad SMARTS) is 1. The lowest BCUT2D eigenvalue weighted by Gasteiger charge is -2.32. The van der Waals surface area contributed by atoms with Gasteiger partial charge in [-0.05, 0) is 18.7 Å². The Hall–Kier alpha value is -2.18. The number of likely N-dealkylation sites (N-methyl/N-ethyl adjacent to an activating group) is 1. The third-order valence-electron chi connectivity index (χ3n) is 4.06. The van der Waals surface area contributed by atoms with Gasteiger partial charge in [0.2, 0.25) is 0 Å². The molecule has 0 atom stereocenters. The molecule has 2 N–H and O–H groups in total. The maximum atomic E-state index is 10.9. The zero-order valence-corrected chi connectivity index (χ0v) is 12.6. The van der Waals surface area contributed by atoms with Gasteiger partial charge in [0.15, 0.2) is 0 Å². The molecule has 2 aromatic rings. The molecule has 2 heterocycles. The Bertz CT molecular complexity index is 642. The summed E-state index contributed by atoms with van der Waals surface area (Å²) in [5.74, 6) is -0.995. The number of nitrogens with zero attached hydrogens (tertiary/aromatic N) is 3. The fourth-order valence-corrected chi connectivity index (χ4v) is 2.62. The van der Waals surface area contributed by atoms with Gasteiger partial charge in [-0.25, -0.2) is 4.79 Å². The number of aromatic nitrogens is 2. The van der Waals surface area contributed by atoms with Crippen LogP contribution in [-0.2, 0) is 6.54 Å². The first kappa shape index (κ1) is 14.7. The van der Waals surface area contributed by atoms with Gasteiger partial charge >= 0.3 is 5.97 Å². The van der Waals surface area contributed by atoms with Crippen molar-refractivity contribution in [2.75, 3.05) is 33.2 Å². The van der Waals surface area contributed by atoms with E-state index in [-0.39, 0.29) is 5.69 Å². The minimum atomic E-state index is -0.995. The lowest BCUT2D eigenvalue weighted by atomic mass is 10.1. The van der Waals surface area contributed by atoms with E-state index in [9.17, 15) is 4.79 Å². The van der Waals surface area contributed by atoms with Gasteiger partial charge < -0.3 is 10.0 Å². The highest BCUT2D eigenvalue weighted by molar-refractivity contribution is 5.86. The second-order valence-corrected chi connectivity index (χ2v) is 5.75. The van der Waals surface area contributed by atoms with E-state index >= 15 is 0 Å². The van der Waals surface area contributed by atoms with Gasteiger partial charge in [0.05, 0.1) is 5.69 Å². The molecule has 0 radical (unpaired) electrons. The highest BCUT2D eigenvalue weighted by Gasteiger charge is 2.14. The van der Waals surface area contributed by atoms with Crippen molar-refractivity contribution in [1.82, 2.24) is 20.0 Å². The van der Waals surface area contributed by atoms with Crippen LogP contribution >= 0.6 is 0 Å². The summed E-state index contributed by atoms with van der Waals surface area (Å²) in [6.07, 6.45) is 0. The molecule has 6 nitrogen and oxygen atoms in total. The summed E-state index contributed by atoms with van der Waals surface area (Å²) in [5, 5.41) is 15.5. The molecule has 1 aromatic heterocycles. The lowest BCUT2D eigenvalue weighted by molar-refractivity contribution is 0.0690. The number of hydrogen-bond donors (Lipinski definition) is 2. The number of carboxylic acids is 1. The maximum absolute atomic E-state index is 10.9. The van der Waals surface area contributed by atoms with Crippen molar-refractivity contribution in [2.24, 2.45) is 0 Å². The van der Waals surface area contributed by atoms with E-state index in [0.29, 0.717) is 5.69 Å². The van der Waals surface area contributed by atoms with Crippen LogP contribution in [0, 0.1) is 0 Å². The molecular formula is C16H20N4O2. The average Bonchev–Trinajstić information content (AvgIpc) is 3.00. The first-order valence-corrected chi connectivity index (χ1v) is 7.41. The third kappa shape index (κ3) is 3.35. The quantitative estimate of drug-likeness (QED) is 0.896. The number of H-pyrrole nitrogens is 1. The predicted molar refractivity (Wildman–Crippen MR) is 83.8 cm³/mol. The first-order chi connectivity index (χ1) is 10.6. The second kappa shape index (κ2) is 6.29. The van der Waals surface area contributed by atoms with Crippen molar-refractivity contribution in [3.8, 4) is 11.3 Å². The minimum Gasteiger partial charge on any atom is -0.477 e. The number of nitrogens with one attached hydrogen (secondary N) is 1. The number of aromatic carboxylic acids is 1. The van der Waals surface area contributed by atoms with Crippen molar-refractivity contribution in [3.05, 3.63) is 41.6 Å². The van der Waals surface area contributed by atoms with Crippen LogP contribution in [0.25, 0.3) is 11.3 Å². The van der Waals surface area contributed by atoms with Crippen LogP contribution < -0.4 is 0 Å². The van der Waals surface area contributed by atoms with E-state index in [4.69, 9.17) is 5.11 Å². The fourth-order valence-electron chi connectivity index (χ4n) is 2.62. The summed E-state index contributed by atoms with van der Waals surface area (Å²) in [6.45, 7) is 5.38. The van der Waals surface area contributed by atoms with Gasteiger partial charge in [0.1, 0.15) is 5.69 Å². The Morgan fingerprint density at radius 3 is 2.50 bits per heavy atom. The van der Waals surface area contributed by atoms with Gasteiger partial charge in [-0.15, -0.1) is 0 Å². The Balaban J connectivity index is 1.65. The Morgan fingerprint density at radius 1 is 1.23 bits per heavy atom. The Labute approximate surface area is 129 Å². The van der Waals surface area contributed by atoms with Gasteiger partial charge in [-0.2, -0.15) is 5.10 Å². The van der Waals surface area contributed by atoms with Crippen LogP contribution in [0.2, 0.25) is 0 Å². The summed E-state index contributed by atoms with van der Waals surface area (Å²) >= 11 is 0. The Kier molecular flexibility index (Phi) is 4.22. The number of rotatable bonds is 4. The van der Waals surface area contributed by atoms with E-state index in [0.717, 1.165) is 38.3 Å². The monoisotopic (exact) mass is 300 g/mol. The SMILES string of the molecule is CN1CCN(Cc2ccc(-c3cc(C(=O)O)[nH]n3)cc2)CC1. The van der Waals surface area contributed by atoms with Crippen LogP contribution in [-0.4, -0.2) is 64.3 Å². The third-order valence-corrected chi connectivity index (χ3v) is 4.06. The molecule has 1 fully saturated rings. The molecule has 116 valence electrons. The minimum absolute atomic E-state index is 0.108. The van der Waals surface area contributed by atoms with E-state index in [2.05, 4.69) is 39.2 Å². The molecule has 1 aromatic carbocycles. The molecule has 3 rings (SSSR count). The van der Waals surface area contributed by atoms with Crippen molar-refractivity contribution in [1.29, 1.82) is 0 Å².